The van der Waals surface area contributed by atoms with Crippen molar-refractivity contribution in [3.8, 4) is 5.75 Å². The highest BCUT2D eigenvalue weighted by atomic mass is 79.9. The van der Waals surface area contributed by atoms with Gasteiger partial charge >= 0.3 is 0 Å². The highest BCUT2D eigenvalue weighted by molar-refractivity contribution is 9.10. The lowest BCUT2D eigenvalue weighted by Crippen LogP contribution is -2.16. The molecule has 0 fully saturated rings. The number of nitrogens with zero attached hydrogens (tertiary/aromatic N) is 3. The number of rotatable bonds is 7. The van der Waals surface area contributed by atoms with E-state index in [-0.39, 0.29) is 18.1 Å². The van der Waals surface area contributed by atoms with Crippen LogP contribution in [0.4, 0.5) is 14.6 Å². The Morgan fingerprint density at radius 3 is 2.67 bits per heavy atom. The molecule has 0 unspecified atom stereocenters. The molecule has 0 saturated carbocycles. The monoisotopic (exact) mass is 580 g/mol. The second-order valence-corrected chi connectivity index (χ2v) is 8.80. The van der Waals surface area contributed by atoms with Gasteiger partial charge in [-0.05, 0) is 52.7 Å². The third-order valence-corrected chi connectivity index (χ3v) is 5.78. The highest BCUT2D eigenvalue weighted by Gasteiger charge is 2.22. The molecule has 2 heterocycles. The molecule has 0 bridgehead atoms. The normalized spacial score (nSPS) is 10.9. The minimum atomic E-state index is -0.852. The zero-order valence-electron chi connectivity index (χ0n) is 17.1. The highest BCUT2D eigenvalue weighted by Crippen LogP contribution is 2.24. The fourth-order valence-electron chi connectivity index (χ4n) is 2.99. The van der Waals surface area contributed by atoms with E-state index < -0.39 is 17.5 Å². The minimum absolute atomic E-state index is 0.0237. The van der Waals surface area contributed by atoms with Crippen molar-refractivity contribution in [2.24, 2.45) is 0 Å². The molecule has 0 aliphatic heterocycles. The van der Waals surface area contributed by atoms with Crippen molar-refractivity contribution in [1.29, 1.82) is 0 Å². The van der Waals surface area contributed by atoms with E-state index in [2.05, 4.69) is 47.4 Å². The van der Waals surface area contributed by atoms with Crippen molar-refractivity contribution in [2.75, 3.05) is 5.32 Å². The fourth-order valence-corrected chi connectivity index (χ4v) is 3.67. The van der Waals surface area contributed by atoms with Crippen LogP contribution in [0.5, 0.6) is 5.75 Å². The van der Waals surface area contributed by atoms with E-state index >= 15 is 0 Å². The summed E-state index contributed by atoms with van der Waals surface area (Å²) in [5.41, 5.74) is 1.34. The van der Waals surface area contributed by atoms with Crippen LogP contribution in [0.2, 0.25) is 0 Å². The first-order chi connectivity index (χ1) is 15.8. The van der Waals surface area contributed by atoms with Crippen LogP contribution in [0.25, 0.3) is 0 Å². The molecule has 7 nitrogen and oxygen atoms in total. The van der Waals surface area contributed by atoms with Crippen LogP contribution in [0.3, 0.4) is 0 Å². The van der Waals surface area contributed by atoms with E-state index in [9.17, 15) is 13.6 Å². The Labute approximate surface area is 204 Å². The van der Waals surface area contributed by atoms with Gasteiger partial charge in [0.15, 0.2) is 23.1 Å². The summed E-state index contributed by atoms with van der Waals surface area (Å²) >= 11 is 6.80. The average Bonchev–Trinajstić information content (AvgIpc) is 3.31. The van der Waals surface area contributed by atoms with Crippen LogP contribution >= 0.6 is 31.9 Å². The molecule has 2 aromatic heterocycles. The maximum Gasteiger partial charge on any atom is 0.279 e. The molecule has 170 valence electrons. The van der Waals surface area contributed by atoms with E-state index in [1.165, 1.54) is 6.07 Å². The zero-order chi connectivity index (χ0) is 23.5. The third-order valence-electron chi connectivity index (χ3n) is 4.67. The van der Waals surface area contributed by atoms with Crippen LogP contribution in [0.15, 0.2) is 62.1 Å². The quantitative estimate of drug-likeness (QED) is 0.295. The number of amides is 1. The smallest absolute Gasteiger partial charge is 0.279 e. The maximum absolute atomic E-state index is 13.8. The summed E-state index contributed by atoms with van der Waals surface area (Å²) in [4.78, 5) is 12.8. The molecule has 1 amide bonds. The summed E-state index contributed by atoms with van der Waals surface area (Å²) in [5.74, 6) is -1.66. The van der Waals surface area contributed by atoms with E-state index in [0.29, 0.717) is 34.2 Å². The lowest BCUT2D eigenvalue weighted by atomic mass is 10.2. The molecule has 0 spiro atoms. The van der Waals surface area contributed by atoms with Crippen molar-refractivity contribution in [1.82, 2.24) is 14.9 Å². The van der Waals surface area contributed by atoms with Crippen LogP contribution < -0.4 is 10.1 Å². The van der Waals surface area contributed by atoms with Crippen LogP contribution in [-0.2, 0) is 13.2 Å². The maximum atomic E-state index is 13.8. The minimum Gasteiger partial charge on any atom is -0.486 e. The Hall–Kier alpha value is -3.05. The zero-order valence-corrected chi connectivity index (χ0v) is 20.3. The number of hydrogen-bond donors (Lipinski definition) is 1. The molecular weight excluding hydrogens is 566 g/mol. The lowest BCUT2D eigenvalue weighted by Gasteiger charge is -2.08. The number of carbonyl (C=O) groups is 1. The van der Waals surface area contributed by atoms with Crippen LogP contribution in [-0.4, -0.2) is 20.8 Å². The number of carbonyl (C=O) groups excluding carboxylic acids is 1. The molecule has 33 heavy (non-hydrogen) atoms. The first kappa shape index (κ1) is 23.1. The molecule has 1 N–H and O–H groups in total. The standard InChI is InChI=1S/C22H16Br2F2N4O3/c1-12-16(11-32-19-7-6-15(25)8-18(19)26)20(29-33-12)22(31)27-21-17(24)10-30(28-21)9-13-2-4-14(23)5-3-13/h2-8,10H,9,11H2,1H3,(H,27,28,31). The number of benzene rings is 2. The van der Waals surface area contributed by atoms with E-state index in [4.69, 9.17) is 9.26 Å². The van der Waals surface area contributed by atoms with Gasteiger partial charge in [0.05, 0.1) is 16.6 Å². The van der Waals surface area contributed by atoms with Gasteiger partial charge in [0.25, 0.3) is 5.91 Å². The Kier molecular flexibility index (Phi) is 6.89. The summed E-state index contributed by atoms with van der Waals surface area (Å²) in [6.07, 6.45) is 1.74. The number of nitrogens with one attached hydrogen (secondary N) is 1. The molecule has 2 aromatic carbocycles. The molecule has 0 radical (unpaired) electrons. The summed E-state index contributed by atoms with van der Waals surface area (Å²) < 4.78 is 40.7. The fraction of sp³-hybridized carbons (Fsp3) is 0.136. The Bertz CT molecular complexity index is 1310. The summed E-state index contributed by atoms with van der Waals surface area (Å²) in [6.45, 7) is 1.92. The topological polar surface area (TPSA) is 82.2 Å². The van der Waals surface area contributed by atoms with E-state index in [1.54, 1.807) is 17.8 Å². The average molecular weight is 582 g/mol. The Morgan fingerprint density at radius 1 is 1.18 bits per heavy atom. The van der Waals surface area contributed by atoms with Crippen molar-refractivity contribution in [3.05, 3.63) is 91.8 Å². The van der Waals surface area contributed by atoms with Crippen LogP contribution in [0, 0.1) is 18.6 Å². The van der Waals surface area contributed by atoms with Gasteiger partial charge in [-0.2, -0.15) is 5.10 Å². The van der Waals surface area contributed by atoms with Gasteiger partial charge in [-0.1, -0.05) is 33.2 Å². The number of halogens is 4. The van der Waals surface area contributed by atoms with Crippen molar-refractivity contribution >= 4 is 43.6 Å². The first-order valence-corrected chi connectivity index (χ1v) is 11.2. The molecule has 0 aliphatic carbocycles. The van der Waals surface area contributed by atoms with Crippen molar-refractivity contribution in [2.45, 2.75) is 20.1 Å². The molecule has 0 atom stereocenters. The summed E-state index contributed by atoms with van der Waals surface area (Å²) in [6, 6.07) is 10.8. The largest absolute Gasteiger partial charge is 0.486 e. The number of anilines is 1. The van der Waals surface area contributed by atoms with Gasteiger partial charge in [0, 0.05) is 16.7 Å². The summed E-state index contributed by atoms with van der Waals surface area (Å²) in [7, 11) is 0. The SMILES string of the molecule is Cc1onc(C(=O)Nc2nn(Cc3ccc(Br)cc3)cc2Br)c1COc1ccc(F)cc1F. The number of ether oxygens (including phenoxy) is 1. The summed E-state index contributed by atoms with van der Waals surface area (Å²) in [5, 5.41) is 10.9. The van der Waals surface area contributed by atoms with Gasteiger partial charge in [-0.3, -0.25) is 9.48 Å². The first-order valence-electron chi connectivity index (χ1n) is 9.62. The molecule has 4 aromatic rings. The Morgan fingerprint density at radius 2 is 1.94 bits per heavy atom. The van der Waals surface area contributed by atoms with Gasteiger partial charge in [0.1, 0.15) is 18.2 Å². The molecule has 11 heteroatoms. The second kappa shape index (κ2) is 9.84. The molecule has 0 aliphatic rings. The number of aryl methyl sites for hydroxylation is 1. The third kappa shape index (κ3) is 5.48. The lowest BCUT2D eigenvalue weighted by molar-refractivity contribution is 0.101. The molecule has 0 saturated heterocycles. The van der Waals surface area contributed by atoms with Gasteiger partial charge in [0.2, 0.25) is 0 Å². The number of aromatic nitrogens is 3. The van der Waals surface area contributed by atoms with E-state index in [0.717, 1.165) is 16.1 Å². The van der Waals surface area contributed by atoms with Crippen LogP contribution in [0.1, 0.15) is 27.4 Å². The van der Waals surface area contributed by atoms with E-state index in [1.807, 2.05) is 24.3 Å². The second-order valence-electron chi connectivity index (χ2n) is 7.03. The predicted molar refractivity (Wildman–Crippen MR) is 123 cm³/mol. The Balaban J connectivity index is 1.47. The molecular formula is C22H16Br2F2N4O3. The molecule has 4 rings (SSSR count). The van der Waals surface area contributed by atoms with Gasteiger partial charge in [-0.25, -0.2) is 8.78 Å². The number of hydrogen-bond acceptors (Lipinski definition) is 5. The van der Waals surface area contributed by atoms with Gasteiger partial charge < -0.3 is 14.6 Å². The van der Waals surface area contributed by atoms with Gasteiger partial charge in [-0.15, -0.1) is 0 Å². The van der Waals surface area contributed by atoms with Crippen molar-refractivity contribution in [3.63, 3.8) is 0 Å². The van der Waals surface area contributed by atoms with Crippen molar-refractivity contribution < 1.29 is 22.8 Å². The predicted octanol–water partition coefficient (Wildman–Crippen LogP) is 5.86.